The van der Waals surface area contributed by atoms with Crippen LogP contribution < -0.4 is 5.32 Å². The zero-order valence-electron chi connectivity index (χ0n) is 13.0. The Hall–Kier alpha value is -2.08. The molecule has 6 heteroatoms. The Balaban J connectivity index is 1.53. The van der Waals surface area contributed by atoms with Crippen molar-refractivity contribution in [3.05, 3.63) is 35.4 Å². The molecule has 1 aromatic carbocycles. The Morgan fingerprint density at radius 3 is 2.52 bits per heavy atom. The molecule has 6 nitrogen and oxygen atoms in total. The zero-order valence-corrected chi connectivity index (χ0v) is 13.0. The molecule has 2 fully saturated rings. The van der Waals surface area contributed by atoms with Crippen LogP contribution >= 0.6 is 0 Å². The van der Waals surface area contributed by atoms with E-state index in [1.807, 2.05) is 4.90 Å². The molecular formula is C17H22N2O4. The van der Waals surface area contributed by atoms with Crippen molar-refractivity contribution in [2.75, 3.05) is 19.8 Å². The number of carboxylic acid groups (broad SMARTS) is 1. The summed E-state index contributed by atoms with van der Waals surface area (Å²) in [5.41, 5.74) is 1.14. The van der Waals surface area contributed by atoms with E-state index in [-0.39, 0.29) is 11.6 Å². The van der Waals surface area contributed by atoms with E-state index >= 15 is 0 Å². The van der Waals surface area contributed by atoms with Gasteiger partial charge in [0.1, 0.15) is 0 Å². The van der Waals surface area contributed by atoms with Gasteiger partial charge in [-0.15, -0.1) is 0 Å². The second-order valence-corrected chi connectivity index (χ2v) is 6.27. The normalized spacial score (nSPS) is 20.3. The van der Waals surface area contributed by atoms with Gasteiger partial charge < -0.3 is 20.1 Å². The van der Waals surface area contributed by atoms with Crippen LogP contribution in [0.2, 0.25) is 0 Å². The molecule has 2 N–H and O–H groups in total. The van der Waals surface area contributed by atoms with Crippen molar-refractivity contribution in [3.63, 3.8) is 0 Å². The molecule has 1 saturated carbocycles. The predicted molar refractivity (Wildman–Crippen MR) is 84.3 cm³/mol. The molecule has 1 aliphatic carbocycles. The first-order chi connectivity index (χ1) is 11.1. The van der Waals surface area contributed by atoms with E-state index < -0.39 is 5.97 Å². The monoisotopic (exact) mass is 318 g/mol. The first kappa shape index (κ1) is 15.8. The maximum absolute atomic E-state index is 12.4. The highest BCUT2D eigenvalue weighted by atomic mass is 16.5. The Morgan fingerprint density at radius 2 is 1.96 bits per heavy atom. The summed E-state index contributed by atoms with van der Waals surface area (Å²) >= 11 is 0. The van der Waals surface area contributed by atoms with Crippen molar-refractivity contribution in [2.45, 2.75) is 31.8 Å². The second-order valence-electron chi connectivity index (χ2n) is 6.27. The molecule has 0 spiro atoms. The highest BCUT2D eigenvalue weighted by molar-refractivity contribution is 5.87. The number of carbonyl (C=O) groups excluding carboxylic acids is 1. The molecule has 1 saturated heterocycles. The third kappa shape index (κ3) is 4.22. The van der Waals surface area contributed by atoms with Gasteiger partial charge in [0.25, 0.3) is 0 Å². The van der Waals surface area contributed by atoms with Gasteiger partial charge in [-0.3, -0.25) is 0 Å². The molecule has 1 atom stereocenters. The number of hydrogen-bond acceptors (Lipinski definition) is 3. The van der Waals surface area contributed by atoms with Crippen molar-refractivity contribution >= 4 is 12.0 Å². The fourth-order valence-electron chi connectivity index (χ4n) is 2.83. The minimum Gasteiger partial charge on any atom is -0.478 e. The number of urea groups is 1. The van der Waals surface area contributed by atoms with Crippen LogP contribution in [0.25, 0.3) is 0 Å². The van der Waals surface area contributed by atoms with Crippen LogP contribution in [0.15, 0.2) is 24.3 Å². The van der Waals surface area contributed by atoms with Crippen molar-refractivity contribution in [2.24, 2.45) is 5.92 Å². The molecule has 1 heterocycles. The van der Waals surface area contributed by atoms with Gasteiger partial charge >= 0.3 is 12.0 Å². The number of nitrogens with zero attached hydrogens (tertiary/aromatic N) is 1. The molecule has 2 amide bonds. The zero-order chi connectivity index (χ0) is 16.2. The summed E-state index contributed by atoms with van der Waals surface area (Å²) in [4.78, 5) is 25.2. The number of rotatable bonds is 6. The maximum Gasteiger partial charge on any atom is 0.335 e. The van der Waals surface area contributed by atoms with Crippen LogP contribution in [-0.2, 0) is 11.3 Å². The lowest BCUT2D eigenvalue weighted by molar-refractivity contribution is 0.0697. The third-order valence-electron chi connectivity index (χ3n) is 4.37. The van der Waals surface area contributed by atoms with E-state index in [1.165, 1.54) is 0 Å². The average Bonchev–Trinajstić information content (AvgIpc) is 3.26. The largest absolute Gasteiger partial charge is 0.478 e. The summed E-state index contributed by atoms with van der Waals surface area (Å²) in [6, 6.07) is 6.90. The Labute approximate surface area is 135 Å². The molecule has 0 bridgehead atoms. The Morgan fingerprint density at radius 1 is 1.22 bits per heavy atom. The smallest absolute Gasteiger partial charge is 0.335 e. The number of aromatic carboxylic acids is 1. The van der Waals surface area contributed by atoms with Crippen LogP contribution in [-0.4, -0.2) is 47.8 Å². The molecule has 2 aliphatic rings. The maximum atomic E-state index is 12.4. The van der Waals surface area contributed by atoms with Crippen molar-refractivity contribution in [1.29, 1.82) is 0 Å². The van der Waals surface area contributed by atoms with E-state index in [2.05, 4.69) is 5.32 Å². The summed E-state index contributed by atoms with van der Waals surface area (Å²) in [6.45, 7) is 2.70. The fourth-order valence-corrected chi connectivity index (χ4v) is 2.83. The molecule has 0 radical (unpaired) electrons. The van der Waals surface area contributed by atoms with Crippen LogP contribution in [0.3, 0.4) is 0 Å². The van der Waals surface area contributed by atoms with Gasteiger partial charge in [-0.05, 0) is 37.0 Å². The fraction of sp³-hybridized carbons (Fsp3) is 0.529. The van der Waals surface area contributed by atoms with E-state index in [4.69, 9.17) is 9.84 Å². The standard InChI is InChI=1S/C17H22N2O4/c20-16(21)14-3-1-12(2-4-14)9-18-17(22)19(15-5-6-15)10-13-7-8-23-11-13/h1-4,13,15H,5-11H2,(H,18,22)(H,20,21). The Kier molecular flexibility index (Phi) is 4.81. The van der Waals surface area contributed by atoms with Gasteiger partial charge in [0.05, 0.1) is 12.2 Å². The topological polar surface area (TPSA) is 78.9 Å². The molecular weight excluding hydrogens is 296 g/mol. The Bertz CT molecular complexity index is 562. The summed E-state index contributed by atoms with van der Waals surface area (Å²) in [7, 11) is 0. The number of carbonyl (C=O) groups is 2. The van der Waals surface area contributed by atoms with Crippen LogP contribution in [0.1, 0.15) is 35.2 Å². The highest BCUT2D eigenvalue weighted by Crippen LogP contribution is 2.29. The first-order valence-corrected chi connectivity index (χ1v) is 8.08. The molecule has 1 aliphatic heterocycles. The number of hydrogen-bond donors (Lipinski definition) is 2. The van der Waals surface area contributed by atoms with Crippen molar-refractivity contribution < 1.29 is 19.4 Å². The summed E-state index contributed by atoms with van der Waals surface area (Å²) in [5, 5.41) is 11.8. The number of benzene rings is 1. The van der Waals surface area contributed by atoms with Crippen LogP contribution in [0.4, 0.5) is 4.79 Å². The molecule has 124 valence electrons. The number of carboxylic acids is 1. The minimum absolute atomic E-state index is 0.0401. The quantitative estimate of drug-likeness (QED) is 0.842. The highest BCUT2D eigenvalue weighted by Gasteiger charge is 2.34. The van der Waals surface area contributed by atoms with Crippen molar-refractivity contribution in [3.8, 4) is 0 Å². The van der Waals surface area contributed by atoms with E-state index in [1.54, 1.807) is 24.3 Å². The lowest BCUT2D eigenvalue weighted by Gasteiger charge is -2.25. The molecule has 0 aromatic heterocycles. The number of amides is 2. The van der Waals surface area contributed by atoms with E-state index in [0.29, 0.717) is 18.5 Å². The lowest BCUT2D eigenvalue weighted by Crippen LogP contribution is -2.43. The molecule has 1 unspecified atom stereocenters. The SMILES string of the molecule is O=C(O)c1ccc(CNC(=O)N(CC2CCOC2)C2CC2)cc1. The molecule has 3 rings (SSSR count). The summed E-state index contributed by atoms with van der Waals surface area (Å²) in [5.74, 6) is -0.504. The van der Waals surface area contributed by atoms with Gasteiger partial charge in [-0.2, -0.15) is 0 Å². The average molecular weight is 318 g/mol. The van der Waals surface area contributed by atoms with Gasteiger partial charge in [-0.25, -0.2) is 9.59 Å². The first-order valence-electron chi connectivity index (χ1n) is 8.08. The van der Waals surface area contributed by atoms with Crippen LogP contribution in [0.5, 0.6) is 0 Å². The van der Waals surface area contributed by atoms with Gasteiger partial charge in [0.2, 0.25) is 0 Å². The number of ether oxygens (including phenoxy) is 1. The summed E-state index contributed by atoms with van der Waals surface area (Å²) in [6.07, 6.45) is 3.18. The minimum atomic E-state index is -0.945. The lowest BCUT2D eigenvalue weighted by atomic mass is 10.1. The third-order valence-corrected chi connectivity index (χ3v) is 4.37. The predicted octanol–water partition coefficient (Wildman–Crippen LogP) is 2.10. The van der Waals surface area contributed by atoms with E-state index in [9.17, 15) is 9.59 Å². The van der Waals surface area contributed by atoms with Gasteiger partial charge in [0.15, 0.2) is 0 Å². The second kappa shape index (κ2) is 7.00. The van der Waals surface area contributed by atoms with Gasteiger partial charge in [-0.1, -0.05) is 12.1 Å². The van der Waals surface area contributed by atoms with Gasteiger partial charge in [0, 0.05) is 31.7 Å². The molecule has 1 aromatic rings. The van der Waals surface area contributed by atoms with Crippen molar-refractivity contribution in [1.82, 2.24) is 10.2 Å². The van der Waals surface area contributed by atoms with Crippen LogP contribution in [0, 0.1) is 5.92 Å². The molecule has 23 heavy (non-hydrogen) atoms. The number of nitrogens with one attached hydrogen (secondary N) is 1. The summed E-state index contributed by atoms with van der Waals surface area (Å²) < 4.78 is 5.39. The van der Waals surface area contributed by atoms with E-state index in [0.717, 1.165) is 44.6 Å².